The zero-order valence-corrected chi connectivity index (χ0v) is 10.3. The highest BCUT2D eigenvalue weighted by atomic mass is 16.6. The molecule has 0 aromatic heterocycles. The molecule has 0 spiro atoms. The van der Waals surface area contributed by atoms with E-state index in [1.165, 1.54) is 6.92 Å². The third kappa shape index (κ3) is 2.14. The Balaban J connectivity index is 2.27. The van der Waals surface area contributed by atoms with Crippen LogP contribution in [-0.2, 0) is 14.3 Å². The molecule has 1 fully saturated rings. The largest absolute Gasteiger partial charge is 0.452 e. The second kappa shape index (κ2) is 3.88. The van der Waals surface area contributed by atoms with Crippen LogP contribution in [0.1, 0.15) is 40.0 Å². The first kappa shape index (κ1) is 11.6. The Morgan fingerprint density at radius 1 is 1.44 bits per heavy atom. The lowest BCUT2D eigenvalue weighted by Crippen LogP contribution is -2.52. The quantitative estimate of drug-likeness (QED) is 0.507. The van der Waals surface area contributed by atoms with E-state index in [1.807, 2.05) is 6.08 Å². The highest BCUT2D eigenvalue weighted by Gasteiger charge is 2.47. The van der Waals surface area contributed by atoms with Crippen LogP contribution in [0.3, 0.4) is 0 Å². The van der Waals surface area contributed by atoms with Crippen molar-refractivity contribution in [2.75, 3.05) is 6.61 Å². The molecule has 90 valence electrons. The number of hydrogen-bond donors (Lipinski definition) is 0. The molecule has 2 aliphatic rings. The first-order chi connectivity index (χ1) is 7.44. The first-order valence-electron chi connectivity index (χ1n) is 5.95. The molecule has 0 radical (unpaired) electrons. The van der Waals surface area contributed by atoms with Gasteiger partial charge in [-0.15, -0.1) is 0 Å². The van der Waals surface area contributed by atoms with Crippen molar-refractivity contribution >= 4 is 5.97 Å². The standard InChI is InChI=1S/C13H20O3/c1-10(14)16-13-5-4-8-15-11(13)9-12(2,3)6-7-13/h6-7,11H,4-5,8-9H2,1-3H3/t11-,13-/m0/s1. The number of rotatable bonds is 1. The molecule has 2 rings (SSSR count). The van der Waals surface area contributed by atoms with Crippen LogP contribution in [0, 0.1) is 5.41 Å². The van der Waals surface area contributed by atoms with Crippen LogP contribution >= 0.6 is 0 Å². The zero-order valence-electron chi connectivity index (χ0n) is 10.3. The molecule has 0 N–H and O–H groups in total. The third-order valence-electron chi connectivity index (χ3n) is 3.44. The summed E-state index contributed by atoms with van der Waals surface area (Å²) >= 11 is 0. The average molecular weight is 224 g/mol. The van der Waals surface area contributed by atoms with Crippen molar-refractivity contribution in [3.8, 4) is 0 Å². The van der Waals surface area contributed by atoms with Gasteiger partial charge in [0, 0.05) is 13.5 Å². The van der Waals surface area contributed by atoms with Gasteiger partial charge in [0.1, 0.15) is 6.10 Å². The summed E-state index contributed by atoms with van der Waals surface area (Å²) in [5, 5.41) is 0. The van der Waals surface area contributed by atoms with E-state index in [4.69, 9.17) is 9.47 Å². The molecule has 3 nitrogen and oxygen atoms in total. The summed E-state index contributed by atoms with van der Waals surface area (Å²) in [6.45, 7) is 6.60. The SMILES string of the molecule is CC(=O)O[C@@]12C=CC(C)(C)C[C@@H]1OCCC2. The molecular weight excluding hydrogens is 204 g/mol. The first-order valence-corrected chi connectivity index (χ1v) is 5.95. The second-order valence-corrected chi connectivity index (χ2v) is 5.54. The Hall–Kier alpha value is -0.830. The smallest absolute Gasteiger partial charge is 0.303 e. The molecule has 0 amide bonds. The summed E-state index contributed by atoms with van der Waals surface area (Å²) < 4.78 is 11.3. The molecule has 0 saturated carbocycles. The van der Waals surface area contributed by atoms with E-state index in [1.54, 1.807) is 0 Å². The summed E-state index contributed by atoms with van der Waals surface area (Å²) in [6, 6.07) is 0. The fourth-order valence-electron chi connectivity index (χ4n) is 2.63. The molecule has 16 heavy (non-hydrogen) atoms. The Labute approximate surface area is 96.8 Å². The molecule has 1 aliphatic heterocycles. The monoisotopic (exact) mass is 224 g/mol. The summed E-state index contributed by atoms with van der Waals surface area (Å²) in [5.41, 5.74) is -0.370. The fourth-order valence-corrected chi connectivity index (χ4v) is 2.63. The van der Waals surface area contributed by atoms with Gasteiger partial charge in [-0.2, -0.15) is 0 Å². The summed E-state index contributed by atoms with van der Waals surface area (Å²) in [7, 11) is 0. The lowest BCUT2D eigenvalue weighted by atomic mass is 9.72. The van der Waals surface area contributed by atoms with E-state index in [0.29, 0.717) is 0 Å². The Morgan fingerprint density at radius 2 is 2.19 bits per heavy atom. The normalized spacial score (nSPS) is 36.6. The van der Waals surface area contributed by atoms with Crippen molar-refractivity contribution in [2.45, 2.75) is 51.7 Å². The molecule has 0 bridgehead atoms. The zero-order chi connectivity index (χ0) is 11.8. The molecule has 1 heterocycles. The minimum absolute atomic E-state index is 0.0187. The van der Waals surface area contributed by atoms with Crippen molar-refractivity contribution in [1.29, 1.82) is 0 Å². The van der Waals surface area contributed by atoms with Crippen LogP contribution in [0.5, 0.6) is 0 Å². The van der Waals surface area contributed by atoms with Crippen LogP contribution in [0.2, 0.25) is 0 Å². The average Bonchev–Trinajstić information content (AvgIpc) is 2.17. The summed E-state index contributed by atoms with van der Waals surface area (Å²) in [4.78, 5) is 11.2. The van der Waals surface area contributed by atoms with Crippen molar-refractivity contribution in [2.24, 2.45) is 5.41 Å². The van der Waals surface area contributed by atoms with Crippen LogP contribution < -0.4 is 0 Å². The Kier molecular flexibility index (Phi) is 2.82. The molecule has 0 aromatic rings. The van der Waals surface area contributed by atoms with Gasteiger partial charge in [-0.05, 0) is 30.8 Å². The predicted molar refractivity (Wildman–Crippen MR) is 61.0 cm³/mol. The van der Waals surface area contributed by atoms with Gasteiger partial charge in [-0.3, -0.25) is 4.79 Å². The molecule has 3 heteroatoms. The maximum Gasteiger partial charge on any atom is 0.303 e. The molecule has 1 aliphatic carbocycles. The number of hydrogen-bond acceptors (Lipinski definition) is 3. The van der Waals surface area contributed by atoms with Gasteiger partial charge < -0.3 is 9.47 Å². The minimum Gasteiger partial charge on any atom is -0.452 e. The number of esters is 1. The Bertz CT molecular complexity index is 319. The Morgan fingerprint density at radius 3 is 2.88 bits per heavy atom. The van der Waals surface area contributed by atoms with E-state index >= 15 is 0 Å². The van der Waals surface area contributed by atoms with E-state index in [2.05, 4.69) is 19.9 Å². The van der Waals surface area contributed by atoms with Gasteiger partial charge in [-0.25, -0.2) is 0 Å². The lowest BCUT2D eigenvalue weighted by molar-refractivity contribution is -0.184. The summed E-state index contributed by atoms with van der Waals surface area (Å²) in [5.74, 6) is -0.222. The van der Waals surface area contributed by atoms with Crippen LogP contribution in [0.25, 0.3) is 0 Å². The van der Waals surface area contributed by atoms with Crippen molar-refractivity contribution < 1.29 is 14.3 Å². The summed E-state index contributed by atoms with van der Waals surface area (Å²) in [6.07, 6.45) is 6.96. The van der Waals surface area contributed by atoms with Gasteiger partial charge in [0.2, 0.25) is 0 Å². The van der Waals surface area contributed by atoms with Crippen molar-refractivity contribution in [1.82, 2.24) is 0 Å². The van der Waals surface area contributed by atoms with Gasteiger partial charge >= 0.3 is 5.97 Å². The van der Waals surface area contributed by atoms with E-state index in [-0.39, 0.29) is 17.5 Å². The highest BCUT2D eigenvalue weighted by Crippen LogP contribution is 2.42. The molecule has 1 saturated heterocycles. The molecule has 0 aromatic carbocycles. The predicted octanol–water partition coefficient (Wildman–Crippen LogP) is 2.45. The van der Waals surface area contributed by atoms with Gasteiger partial charge in [0.25, 0.3) is 0 Å². The maximum atomic E-state index is 11.2. The van der Waals surface area contributed by atoms with Crippen LogP contribution in [0.15, 0.2) is 12.2 Å². The number of fused-ring (bicyclic) bond motifs is 1. The second-order valence-electron chi connectivity index (χ2n) is 5.54. The van der Waals surface area contributed by atoms with E-state index < -0.39 is 5.60 Å². The van der Waals surface area contributed by atoms with E-state index in [0.717, 1.165) is 25.9 Å². The third-order valence-corrected chi connectivity index (χ3v) is 3.44. The van der Waals surface area contributed by atoms with Crippen LogP contribution in [0.4, 0.5) is 0 Å². The number of carbonyl (C=O) groups excluding carboxylic acids is 1. The molecular formula is C13H20O3. The molecule has 0 unspecified atom stereocenters. The van der Waals surface area contributed by atoms with Crippen LogP contribution in [-0.4, -0.2) is 24.3 Å². The van der Waals surface area contributed by atoms with Gasteiger partial charge in [-0.1, -0.05) is 19.9 Å². The van der Waals surface area contributed by atoms with Crippen molar-refractivity contribution in [3.05, 3.63) is 12.2 Å². The number of allylic oxidation sites excluding steroid dienone is 1. The van der Waals surface area contributed by atoms with Crippen molar-refractivity contribution in [3.63, 3.8) is 0 Å². The maximum absolute atomic E-state index is 11.2. The lowest BCUT2D eigenvalue weighted by Gasteiger charge is -2.46. The highest BCUT2D eigenvalue weighted by molar-refractivity contribution is 5.67. The van der Waals surface area contributed by atoms with Gasteiger partial charge in [0.05, 0.1) is 0 Å². The minimum atomic E-state index is -0.500. The number of ether oxygens (including phenoxy) is 2. The number of carbonyl (C=O) groups is 1. The van der Waals surface area contributed by atoms with E-state index in [9.17, 15) is 4.79 Å². The topological polar surface area (TPSA) is 35.5 Å². The molecule has 2 atom stereocenters. The van der Waals surface area contributed by atoms with Gasteiger partial charge in [0.15, 0.2) is 5.60 Å². The fraction of sp³-hybridized carbons (Fsp3) is 0.769.